The van der Waals surface area contributed by atoms with Crippen LogP contribution in [-0.4, -0.2) is 16.3 Å². The van der Waals surface area contributed by atoms with E-state index in [4.69, 9.17) is 0 Å². The highest BCUT2D eigenvalue weighted by Gasteiger charge is 2.57. The number of aliphatic hydroxyl groups excluding tert-OH is 2. The van der Waals surface area contributed by atoms with Crippen molar-refractivity contribution in [2.75, 3.05) is 0 Å². The topological polar surface area (TPSA) is 40.5 Å². The third-order valence-corrected chi connectivity index (χ3v) is 7.29. The van der Waals surface area contributed by atoms with Crippen LogP contribution in [0.5, 0.6) is 0 Å². The van der Waals surface area contributed by atoms with Crippen molar-refractivity contribution in [3.63, 3.8) is 0 Å². The first-order chi connectivity index (χ1) is 9.95. The van der Waals surface area contributed by atoms with Crippen LogP contribution in [0.1, 0.15) is 46.0 Å². The number of rotatable bonds is 0. The van der Waals surface area contributed by atoms with Gasteiger partial charge in [0.2, 0.25) is 0 Å². The highest BCUT2D eigenvalue weighted by Crippen LogP contribution is 2.63. The fourth-order valence-electron chi connectivity index (χ4n) is 5.93. The van der Waals surface area contributed by atoms with Crippen LogP contribution in [0.25, 0.3) is 0 Å². The molecule has 4 aliphatic rings. The van der Waals surface area contributed by atoms with Crippen molar-refractivity contribution in [3.05, 3.63) is 35.6 Å². The van der Waals surface area contributed by atoms with E-state index in [1.807, 2.05) is 12.2 Å². The Balaban J connectivity index is 1.73. The highest BCUT2D eigenvalue weighted by atomic mass is 16.3. The summed E-state index contributed by atoms with van der Waals surface area (Å²) in [6.45, 7) is 4.65. The molecule has 0 radical (unpaired) electrons. The summed E-state index contributed by atoms with van der Waals surface area (Å²) in [6.07, 6.45) is 13.9. The van der Waals surface area contributed by atoms with E-state index in [0.29, 0.717) is 23.5 Å². The van der Waals surface area contributed by atoms with Gasteiger partial charge < -0.3 is 10.2 Å². The van der Waals surface area contributed by atoms with Crippen LogP contribution in [0.3, 0.4) is 0 Å². The maximum atomic E-state index is 10.4. The molecule has 0 aromatic heterocycles. The molecule has 2 nitrogen and oxygen atoms in total. The number of allylic oxidation sites excluding steroid dienone is 5. The molecule has 2 N–H and O–H groups in total. The minimum absolute atomic E-state index is 0.0734. The average molecular weight is 286 g/mol. The summed E-state index contributed by atoms with van der Waals surface area (Å²) in [4.78, 5) is 0. The van der Waals surface area contributed by atoms with Gasteiger partial charge in [-0.3, -0.25) is 0 Å². The summed E-state index contributed by atoms with van der Waals surface area (Å²) >= 11 is 0. The lowest BCUT2D eigenvalue weighted by Crippen LogP contribution is -2.49. The third kappa shape index (κ3) is 1.69. The van der Waals surface area contributed by atoms with Crippen molar-refractivity contribution in [2.24, 2.45) is 28.6 Å². The third-order valence-electron chi connectivity index (χ3n) is 7.29. The molecule has 0 aromatic rings. The van der Waals surface area contributed by atoms with Crippen LogP contribution in [0.15, 0.2) is 35.6 Å². The van der Waals surface area contributed by atoms with Crippen LogP contribution < -0.4 is 0 Å². The van der Waals surface area contributed by atoms with Crippen LogP contribution in [-0.2, 0) is 0 Å². The zero-order valence-electron chi connectivity index (χ0n) is 13.0. The van der Waals surface area contributed by atoms with E-state index in [1.165, 1.54) is 18.4 Å². The van der Waals surface area contributed by atoms with Gasteiger partial charge >= 0.3 is 0 Å². The number of aliphatic hydroxyl groups is 2. The standard InChI is InChI=1S/C19H26O2/c1-18-9-7-13(20)11-12(18)3-4-14-15-5-6-17(21)19(15,2)10-8-16(14)18/h3,7,9,11,14-17,20-21H,4-6,8,10H2,1-2H3/t14-,15-,16-,17+,18-,19-/m0/s1. The molecule has 0 unspecified atom stereocenters. The molecule has 0 amide bonds. The smallest absolute Gasteiger partial charge is 0.115 e. The largest absolute Gasteiger partial charge is 0.508 e. The number of fused-ring (bicyclic) bond motifs is 5. The monoisotopic (exact) mass is 286 g/mol. The SMILES string of the molecule is C[C@]12CC[C@H]3[C@@H](CC=C4C=C(O)C=C[C@@]43C)[C@@H]1CC[C@H]2O. The van der Waals surface area contributed by atoms with Gasteiger partial charge in [-0.2, -0.15) is 0 Å². The van der Waals surface area contributed by atoms with Gasteiger partial charge in [0.15, 0.2) is 0 Å². The lowest BCUT2D eigenvalue weighted by Gasteiger charge is -2.55. The summed E-state index contributed by atoms with van der Waals surface area (Å²) in [6, 6.07) is 0. The fraction of sp³-hybridized carbons (Fsp3) is 0.684. The van der Waals surface area contributed by atoms with Gasteiger partial charge in [0.1, 0.15) is 5.76 Å². The maximum absolute atomic E-state index is 10.4. The van der Waals surface area contributed by atoms with Gasteiger partial charge in [-0.05, 0) is 73.0 Å². The Morgan fingerprint density at radius 3 is 2.76 bits per heavy atom. The zero-order chi connectivity index (χ0) is 14.8. The van der Waals surface area contributed by atoms with Gasteiger partial charge in [-0.15, -0.1) is 0 Å². The van der Waals surface area contributed by atoms with E-state index < -0.39 is 0 Å². The predicted octanol–water partition coefficient (Wildman–Crippen LogP) is 4.14. The Labute approximate surface area is 127 Å². The second kappa shape index (κ2) is 4.25. The van der Waals surface area contributed by atoms with Crippen molar-refractivity contribution in [2.45, 2.75) is 52.1 Å². The van der Waals surface area contributed by atoms with Crippen molar-refractivity contribution >= 4 is 0 Å². The molecular weight excluding hydrogens is 260 g/mol. The van der Waals surface area contributed by atoms with E-state index in [9.17, 15) is 10.2 Å². The molecule has 4 aliphatic carbocycles. The van der Waals surface area contributed by atoms with Gasteiger partial charge in [0.05, 0.1) is 6.10 Å². The van der Waals surface area contributed by atoms with Crippen LogP contribution >= 0.6 is 0 Å². The van der Waals surface area contributed by atoms with E-state index in [1.54, 1.807) is 0 Å². The molecule has 6 atom stereocenters. The predicted molar refractivity (Wildman–Crippen MR) is 83.7 cm³/mol. The Morgan fingerprint density at radius 1 is 1.14 bits per heavy atom. The molecule has 2 saturated carbocycles. The fourth-order valence-corrected chi connectivity index (χ4v) is 5.93. The molecule has 2 fully saturated rings. The summed E-state index contributed by atoms with van der Waals surface area (Å²) in [5, 5.41) is 20.2. The molecule has 114 valence electrons. The zero-order valence-corrected chi connectivity index (χ0v) is 13.0. The first-order valence-electron chi connectivity index (χ1n) is 8.44. The molecule has 0 saturated heterocycles. The summed E-state index contributed by atoms with van der Waals surface area (Å²) in [5.74, 6) is 2.39. The van der Waals surface area contributed by atoms with Crippen molar-refractivity contribution in [3.8, 4) is 0 Å². The van der Waals surface area contributed by atoms with Crippen LogP contribution in [0, 0.1) is 28.6 Å². The number of hydrogen-bond donors (Lipinski definition) is 2. The summed E-state index contributed by atoms with van der Waals surface area (Å²) in [5.41, 5.74) is 1.51. The Kier molecular flexibility index (Phi) is 2.76. The van der Waals surface area contributed by atoms with E-state index in [-0.39, 0.29) is 16.9 Å². The maximum Gasteiger partial charge on any atom is 0.115 e. The Morgan fingerprint density at radius 2 is 1.95 bits per heavy atom. The van der Waals surface area contributed by atoms with Crippen molar-refractivity contribution < 1.29 is 10.2 Å². The lowest BCUT2D eigenvalue weighted by atomic mass is 9.49. The lowest BCUT2D eigenvalue weighted by molar-refractivity contribution is -0.0527. The molecule has 0 spiro atoms. The van der Waals surface area contributed by atoms with E-state index in [2.05, 4.69) is 26.0 Å². The summed E-state index contributed by atoms with van der Waals surface area (Å²) in [7, 11) is 0. The minimum Gasteiger partial charge on any atom is -0.508 e. The van der Waals surface area contributed by atoms with Gasteiger partial charge in [0, 0.05) is 5.41 Å². The van der Waals surface area contributed by atoms with Crippen LogP contribution in [0.2, 0.25) is 0 Å². The quantitative estimate of drug-likeness (QED) is 0.702. The average Bonchev–Trinajstić information content (AvgIpc) is 2.76. The molecule has 2 heteroatoms. The van der Waals surface area contributed by atoms with Crippen molar-refractivity contribution in [1.82, 2.24) is 0 Å². The molecule has 4 rings (SSSR count). The van der Waals surface area contributed by atoms with Crippen molar-refractivity contribution in [1.29, 1.82) is 0 Å². The Bertz CT molecular complexity index is 558. The second-order valence-corrected chi connectivity index (χ2v) is 8.09. The normalized spacial score (nSPS) is 51.6. The van der Waals surface area contributed by atoms with Crippen LogP contribution in [0.4, 0.5) is 0 Å². The highest BCUT2D eigenvalue weighted by molar-refractivity contribution is 5.43. The minimum atomic E-state index is -0.104. The first kappa shape index (κ1) is 13.6. The van der Waals surface area contributed by atoms with E-state index >= 15 is 0 Å². The van der Waals surface area contributed by atoms with E-state index in [0.717, 1.165) is 19.3 Å². The second-order valence-electron chi connectivity index (χ2n) is 8.09. The molecule has 21 heavy (non-hydrogen) atoms. The number of hydrogen-bond acceptors (Lipinski definition) is 2. The molecule has 0 heterocycles. The van der Waals surface area contributed by atoms with Gasteiger partial charge in [-0.1, -0.05) is 26.0 Å². The summed E-state index contributed by atoms with van der Waals surface area (Å²) < 4.78 is 0. The molecule has 0 bridgehead atoms. The van der Waals surface area contributed by atoms with Gasteiger partial charge in [-0.25, -0.2) is 0 Å². The molecule has 0 aliphatic heterocycles. The molecule has 0 aromatic carbocycles. The Hall–Kier alpha value is -1.02. The first-order valence-corrected chi connectivity index (χ1v) is 8.44. The molecular formula is C19H26O2. The van der Waals surface area contributed by atoms with Gasteiger partial charge in [0.25, 0.3) is 0 Å².